The van der Waals surface area contributed by atoms with Crippen molar-refractivity contribution < 1.29 is 41.4 Å². The molecule has 0 saturated heterocycles. The number of carbonyl (C=O) groups excluding carboxylic acids is 2. The monoisotopic (exact) mass is 642 g/mol. The summed E-state index contributed by atoms with van der Waals surface area (Å²) in [5.41, 5.74) is -4.86. The zero-order valence-corrected chi connectivity index (χ0v) is 23.7. The van der Waals surface area contributed by atoms with Crippen molar-refractivity contribution in [2.24, 2.45) is 0 Å². The van der Waals surface area contributed by atoms with Gasteiger partial charge >= 0.3 is 6.18 Å². The number of methoxy groups -OCH3 is 1. The zero-order chi connectivity index (χ0) is 32.3. The molecule has 0 radical (unpaired) electrons. The van der Waals surface area contributed by atoms with E-state index >= 15 is 0 Å². The molecule has 6 rings (SSSR count). The second-order valence-electron chi connectivity index (χ2n) is 10.2. The van der Waals surface area contributed by atoms with Gasteiger partial charge in [-0.05, 0) is 60.2 Å². The molecular weight excluding hydrogens is 623 g/mol. The van der Waals surface area contributed by atoms with Gasteiger partial charge in [0.15, 0.2) is 5.72 Å². The number of fused-ring (bicyclic) bond motifs is 3. The molecule has 0 fully saturated rings. The molecule has 230 valence electrons. The van der Waals surface area contributed by atoms with E-state index < -0.39 is 46.5 Å². The van der Waals surface area contributed by atoms with Crippen molar-refractivity contribution in [2.75, 3.05) is 12.4 Å². The molecule has 45 heavy (non-hydrogen) atoms. The highest BCUT2D eigenvalue weighted by Crippen LogP contribution is 2.50. The van der Waals surface area contributed by atoms with Crippen molar-refractivity contribution in [1.82, 2.24) is 15.1 Å². The lowest BCUT2D eigenvalue weighted by molar-refractivity contribution is -0.137. The minimum absolute atomic E-state index is 0.138. The smallest absolute Gasteiger partial charge is 0.416 e. The van der Waals surface area contributed by atoms with Gasteiger partial charge in [0.05, 0.1) is 35.6 Å². The van der Waals surface area contributed by atoms with Gasteiger partial charge in [-0.15, -0.1) is 0 Å². The fourth-order valence-electron chi connectivity index (χ4n) is 5.41. The summed E-state index contributed by atoms with van der Waals surface area (Å²) in [7, 11) is 1.47. The second-order valence-corrected chi connectivity index (χ2v) is 10.6. The average Bonchev–Trinajstić information content (AvgIpc) is 3.55. The van der Waals surface area contributed by atoms with E-state index in [1.165, 1.54) is 25.4 Å². The van der Waals surface area contributed by atoms with Gasteiger partial charge in [0.25, 0.3) is 11.8 Å². The van der Waals surface area contributed by atoms with Gasteiger partial charge in [-0.1, -0.05) is 23.7 Å². The fourth-order valence-corrected chi connectivity index (χ4v) is 5.66. The maximum atomic E-state index is 14.7. The van der Waals surface area contributed by atoms with Gasteiger partial charge in [0.2, 0.25) is 0 Å². The van der Waals surface area contributed by atoms with Gasteiger partial charge in [-0.2, -0.15) is 18.3 Å². The number of nitrogens with one attached hydrogen (secondary N) is 2. The highest BCUT2D eigenvalue weighted by atomic mass is 35.5. The number of rotatable bonds is 6. The van der Waals surface area contributed by atoms with Crippen LogP contribution in [0, 0.1) is 11.6 Å². The van der Waals surface area contributed by atoms with Gasteiger partial charge < -0.3 is 15.2 Å². The quantitative estimate of drug-likeness (QED) is 0.180. The molecular formula is C31H20ClF5N4O4. The summed E-state index contributed by atoms with van der Waals surface area (Å²) >= 11 is 6.48. The molecule has 0 saturated carbocycles. The number of hydrogen-bond donors (Lipinski definition) is 3. The number of nitrogens with zero attached hydrogens (tertiary/aromatic N) is 2. The van der Waals surface area contributed by atoms with Gasteiger partial charge in [0, 0.05) is 33.6 Å². The van der Waals surface area contributed by atoms with Gasteiger partial charge in [-0.3, -0.25) is 19.6 Å². The number of anilines is 1. The van der Waals surface area contributed by atoms with E-state index in [0.717, 1.165) is 17.0 Å². The van der Waals surface area contributed by atoms with Crippen LogP contribution in [0.25, 0.3) is 10.9 Å². The molecule has 2 heterocycles. The number of hydrogen-bond acceptors (Lipinski definition) is 5. The van der Waals surface area contributed by atoms with E-state index in [2.05, 4.69) is 15.5 Å². The minimum atomic E-state index is -4.95. The molecule has 1 unspecified atom stereocenters. The third kappa shape index (κ3) is 5.13. The highest BCUT2D eigenvalue weighted by Gasteiger charge is 2.54. The number of alkyl halides is 3. The fraction of sp³-hybridized carbons (Fsp3) is 0.129. The Kier molecular flexibility index (Phi) is 7.25. The summed E-state index contributed by atoms with van der Waals surface area (Å²) in [6.07, 6.45) is -3.63. The molecule has 1 aliphatic heterocycles. The summed E-state index contributed by atoms with van der Waals surface area (Å²) in [5, 5.41) is 21.8. The van der Waals surface area contributed by atoms with E-state index in [0.29, 0.717) is 23.4 Å². The Morgan fingerprint density at radius 3 is 2.49 bits per heavy atom. The number of aromatic nitrogens is 2. The molecule has 4 aromatic carbocycles. The Bertz CT molecular complexity index is 2000. The molecule has 0 spiro atoms. The lowest BCUT2D eigenvalue weighted by Crippen LogP contribution is -2.44. The van der Waals surface area contributed by atoms with Crippen molar-refractivity contribution in [2.45, 2.75) is 18.4 Å². The largest absolute Gasteiger partial charge is 0.497 e. The number of aromatic amines is 1. The topological polar surface area (TPSA) is 108 Å². The molecule has 1 aliphatic rings. The third-order valence-electron chi connectivity index (χ3n) is 7.48. The lowest BCUT2D eigenvalue weighted by Gasteiger charge is -2.36. The molecule has 1 atom stereocenters. The molecule has 1 aromatic heterocycles. The first-order valence-electron chi connectivity index (χ1n) is 13.1. The number of ether oxygens (including phenoxy) is 1. The van der Waals surface area contributed by atoms with Crippen molar-refractivity contribution in [3.05, 3.63) is 123 Å². The third-order valence-corrected chi connectivity index (χ3v) is 7.80. The van der Waals surface area contributed by atoms with E-state index in [1.54, 1.807) is 24.3 Å². The molecule has 3 N–H and O–H groups in total. The first-order valence-corrected chi connectivity index (χ1v) is 13.5. The van der Waals surface area contributed by atoms with Crippen molar-refractivity contribution in [3.8, 4) is 5.75 Å². The predicted molar refractivity (Wildman–Crippen MR) is 153 cm³/mol. The zero-order valence-electron chi connectivity index (χ0n) is 23.0. The minimum Gasteiger partial charge on any atom is -0.497 e. The molecule has 14 heteroatoms. The van der Waals surface area contributed by atoms with E-state index in [-0.39, 0.29) is 50.9 Å². The number of carbonyl (C=O) groups is 2. The maximum Gasteiger partial charge on any atom is 0.416 e. The summed E-state index contributed by atoms with van der Waals surface area (Å²) in [6.45, 7) is -0.247. The number of aliphatic hydroxyl groups is 1. The van der Waals surface area contributed by atoms with Gasteiger partial charge in [-0.25, -0.2) is 8.78 Å². The van der Waals surface area contributed by atoms with E-state index in [1.807, 2.05) is 0 Å². The predicted octanol–water partition coefficient (Wildman–Crippen LogP) is 6.62. The van der Waals surface area contributed by atoms with Crippen LogP contribution < -0.4 is 10.1 Å². The Labute approximate surface area is 256 Å². The van der Waals surface area contributed by atoms with Crippen molar-refractivity contribution >= 4 is 40.0 Å². The number of H-pyrrole nitrogens is 1. The Morgan fingerprint density at radius 1 is 1.07 bits per heavy atom. The number of benzene rings is 4. The first-order chi connectivity index (χ1) is 21.3. The summed E-state index contributed by atoms with van der Waals surface area (Å²) < 4.78 is 74.2. The van der Waals surface area contributed by atoms with E-state index in [9.17, 15) is 36.6 Å². The highest BCUT2D eigenvalue weighted by molar-refractivity contribution is 6.31. The molecule has 2 amide bonds. The van der Waals surface area contributed by atoms with Crippen LogP contribution in [0.2, 0.25) is 5.02 Å². The standard InChI is InChI=1S/C31H20ClF5N4O4/c1-45-21-5-2-15(3-6-21)14-41-29(43)25-26(30(41,44)22-12-19(33)4-7-23(22)32)24(10-17-13-38-40-27(17)25)39-28(42)16-8-18(31(35,36)37)11-20(34)9-16/h2-13,44H,14H2,1H3,(H,38,40)(H,39,42). The molecule has 0 bridgehead atoms. The first kappa shape index (κ1) is 30.0. The van der Waals surface area contributed by atoms with Crippen LogP contribution in [0.15, 0.2) is 72.9 Å². The summed E-state index contributed by atoms with van der Waals surface area (Å²) in [6, 6.07) is 12.3. The number of halogens is 6. The van der Waals surface area contributed by atoms with Crippen LogP contribution in [0.5, 0.6) is 5.75 Å². The summed E-state index contributed by atoms with van der Waals surface area (Å²) in [4.78, 5) is 28.6. The Balaban J connectivity index is 1.56. The van der Waals surface area contributed by atoms with Crippen molar-refractivity contribution in [1.29, 1.82) is 0 Å². The number of amides is 2. The normalized spacial score (nSPS) is 16.3. The van der Waals surface area contributed by atoms with Crippen LogP contribution in [0.3, 0.4) is 0 Å². The van der Waals surface area contributed by atoms with Gasteiger partial charge in [0.1, 0.15) is 17.4 Å². The molecule has 0 aliphatic carbocycles. The Morgan fingerprint density at radius 2 is 1.80 bits per heavy atom. The van der Waals surface area contributed by atoms with Crippen LogP contribution in [0.1, 0.15) is 43.0 Å². The summed E-state index contributed by atoms with van der Waals surface area (Å²) in [5.74, 6) is -3.54. The van der Waals surface area contributed by atoms with Crippen LogP contribution in [-0.4, -0.2) is 39.1 Å². The SMILES string of the molecule is COc1ccc(CN2C(=O)c3c(c(NC(=O)c4cc(F)cc(C(F)(F)F)c4)cc4cn[nH]c34)C2(O)c2cc(F)ccc2Cl)cc1. The van der Waals surface area contributed by atoms with E-state index in [4.69, 9.17) is 16.3 Å². The second kappa shape index (κ2) is 10.9. The Hall–Kier alpha value is -5.01. The van der Waals surface area contributed by atoms with Crippen LogP contribution in [0.4, 0.5) is 27.6 Å². The average molecular weight is 643 g/mol. The maximum absolute atomic E-state index is 14.7. The van der Waals surface area contributed by atoms with Crippen LogP contribution in [-0.2, 0) is 18.4 Å². The van der Waals surface area contributed by atoms with Crippen molar-refractivity contribution in [3.63, 3.8) is 0 Å². The molecule has 8 nitrogen and oxygen atoms in total. The molecule has 5 aromatic rings. The lowest BCUT2D eigenvalue weighted by atomic mass is 9.90. The van der Waals surface area contributed by atoms with Crippen LogP contribution >= 0.6 is 11.6 Å².